The Kier molecular flexibility index (Phi) is 4.32. The number of nitriles is 1. The summed E-state index contributed by atoms with van der Waals surface area (Å²) in [5.74, 6) is 1.56. The summed E-state index contributed by atoms with van der Waals surface area (Å²) in [4.78, 5) is 1.93. The molecule has 4 heteroatoms. The van der Waals surface area contributed by atoms with E-state index in [0.717, 1.165) is 21.3 Å². The third-order valence-corrected chi connectivity index (χ3v) is 3.66. The molecule has 0 saturated carbocycles. The lowest BCUT2D eigenvalue weighted by Crippen LogP contribution is -1.87. The predicted molar refractivity (Wildman–Crippen MR) is 74.8 cm³/mol. The summed E-state index contributed by atoms with van der Waals surface area (Å²) in [6, 6.07) is 15.3. The topological polar surface area (TPSA) is 42.2 Å². The van der Waals surface area contributed by atoms with Gasteiger partial charge in [0.1, 0.15) is 17.6 Å². The Hall–Kier alpha value is -2.12. The molecule has 2 rings (SSSR count). The van der Waals surface area contributed by atoms with Crippen LogP contribution >= 0.6 is 11.8 Å². The molecule has 0 N–H and O–H groups in total. The molecule has 0 heterocycles. The molecule has 3 nitrogen and oxygen atoms in total. The molecule has 0 bridgehead atoms. The molecule has 0 fully saturated rings. The van der Waals surface area contributed by atoms with Crippen molar-refractivity contribution in [3.63, 3.8) is 0 Å². The Balaban J connectivity index is 2.28. The minimum absolute atomic E-state index is 0.640. The van der Waals surface area contributed by atoms with Gasteiger partial charge in [0.15, 0.2) is 0 Å². The van der Waals surface area contributed by atoms with Crippen molar-refractivity contribution in [3.05, 3.63) is 48.0 Å². The lowest BCUT2D eigenvalue weighted by atomic mass is 10.2. The lowest BCUT2D eigenvalue weighted by molar-refractivity contribution is 0.413. The van der Waals surface area contributed by atoms with Crippen molar-refractivity contribution in [2.24, 2.45) is 0 Å². The van der Waals surface area contributed by atoms with Crippen molar-refractivity contribution in [2.75, 3.05) is 14.2 Å². The summed E-state index contributed by atoms with van der Waals surface area (Å²) in [6.07, 6.45) is 0. The van der Waals surface area contributed by atoms with E-state index in [1.807, 2.05) is 30.3 Å². The molecule has 0 spiro atoms. The predicted octanol–water partition coefficient (Wildman–Crippen LogP) is 3.73. The molecule has 0 amide bonds. The monoisotopic (exact) mass is 271 g/mol. The first-order chi connectivity index (χ1) is 9.26. The van der Waals surface area contributed by atoms with E-state index >= 15 is 0 Å². The normalized spacial score (nSPS) is 9.74. The van der Waals surface area contributed by atoms with E-state index in [4.69, 9.17) is 14.7 Å². The molecule has 2 aromatic rings. The Labute approximate surface area is 116 Å². The number of hydrogen-bond donors (Lipinski definition) is 0. The van der Waals surface area contributed by atoms with Gasteiger partial charge in [-0.1, -0.05) is 11.8 Å². The van der Waals surface area contributed by atoms with Crippen LogP contribution < -0.4 is 9.47 Å². The maximum atomic E-state index is 9.12. The molecular formula is C15H13NO2S. The van der Waals surface area contributed by atoms with Gasteiger partial charge in [0.2, 0.25) is 0 Å². The average molecular weight is 271 g/mol. The van der Waals surface area contributed by atoms with Gasteiger partial charge in [0.05, 0.1) is 19.8 Å². The number of methoxy groups -OCH3 is 2. The summed E-state index contributed by atoms with van der Waals surface area (Å²) >= 11 is 1.53. The fourth-order valence-electron chi connectivity index (χ4n) is 1.58. The van der Waals surface area contributed by atoms with Crippen molar-refractivity contribution < 1.29 is 9.47 Å². The number of rotatable bonds is 4. The van der Waals surface area contributed by atoms with E-state index in [0.29, 0.717) is 5.56 Å². The highest BCUT2D eigenvalue weighted by Gasteiger charge is 2.06. The van der Waals surface area contributed by atoms with Gasteiger partial charge < -0.3 is 9.47 Å². The van der Waals surface area contributed by atoms with Crippen LogP contribution in [0.4, 0.5) is 0 Å². The molecule has 0 radical (unpaired) electrons. The van der Waals surface area contributed by atoms with E-state index in [2.05, 4.69) is 6.07 Å². The van der Waals surface area contributed by atoms with E-state index in [9.17, 15) is 0 Å². The number of ether oxygens (including phenoxy) is 2. The first-order valence-corrected chi connectivity index (χ1v) is 6.48. The molecule has 2 aromatic carbocycles. The van der Waals surface area contributed by atoms with Gasteiger partial charge in [-0.05, 0) is 42.5 Å². The summed E-state index contributed by atoms with van der Waals surface area (Å²) in [7, 11) is 3.25. The van der Waals surface area contributed by atoms with Crippen LogP contribution in [-0.4, -0.2) is 14.2 Å². The largest absolute Gasteiger partial charge is 0.497 e. The van der Waals surface area contributed by atoms with Crippen LogP contribution in [0.3, 0.4) is 0 Å². The van der Waals surface area contributed by atoms with Gasteiger partial charge >= 0.3 is 0 Å². The third-order valence-electron chi connectivity index (χ3n) is 2.60. The highest BCUT2D eigenvalue weighted by Crippen LogP contribution is 2.33. The van der Waals surface area contributed by atoms with E-state index in [-0.39, 0.29) is 0 Å². The van der Waals surface area contributed by atoms with Crippen LogP contribution in [0.25, 0.3) is 0 Å². The summed E-state index contributed by atoms with van der Waals surface area (Å²) < 4.78 is 10.3. The Morgan fingerprint density at radius 2 is 1.58 bits per heavy atom. The van der Waals surface area contributed by atoms with Crippen LogP contribution in [0.1, 0.15) is 5.56 Å². The average Bonchev–Trinajstić information content (AvgIpc) is 2.48. The van der Waals surface area contributed by atoms with Gasteiger partial charge in [0, 0.05) is 9.79 Å². The van der Waals surface area contributed by atoms with Crippen molar-refractivity contribution >= 4 is 11.8 Å². The first-order valence-electron chi connectivity index (χ1n) is 5.67. The number of benzene rings is 2. The highest BCUT2D eigenvalue weighted by molar-refractivity contribution is 7.99. The van der Waals surface area contributed by atoms with Crippen molar-refractivity contribution in [3.8, 4) is 17.6 Å². The van der Waals surface area contributed by atoms with Crippen LogP contribution in [0.15, 0.2) is 52.3 Å². The van der Waals surface area contributed by atoms with Gasteiger partial charge in [-0.15, -0.1) is 0 Å². The van der Waals surface area contributed by atoms with E-state index < -0.39 is 0 Å². The SMILES string of the molecule is COc1ccc(Sc2cc(OC)ccc2C#N)cc1. The Morgan fingerprint density at radius 3 is 2.16 bits per heavy atom. The van der Waals surface area contributed by atoms with Crippen LogP contribution in [-0.2, 0) is 0 Å². The van der Waals surface area contributed by atoms with Crippen LogP contribution in [0, 0.1) is 11.3 Å². The third kappa shape index (κ3) is 3.21. The molecule has 0 aliphatic carbocycles. The minimum Gasteiger partial charge on any atom is -0.497 e. The first kappa shape index (κ1) is 13.3. The van der Waals surface area contributed by atoms with Crippen molar-refractivity contribution in [1.82, 2.24) is 0 Å². The minimum atomic E-state index is 0.640. The van der Waals surface area contributed by atoms with Gasteiger partial charge in [-0.25, -0.2) is 0 Å². The quantitative estimate of drug-likeness (QED) is 0.849. The Bertz CT molecular complexity index is 603. The number of nitrogens with zero attached hydrogens (tertiary/aromatic N) is 1. The van der Waals surface area contributed by atoms with Crippen LogP contribution in [0.2, 0.25) is 0 Å². The van der Waals surface area contributed by atoms with Gasteiger partial charge in [-0.3, -0.25) is 0 Å². The van der Waals surface area contributed by atoms with Crippen LogP contribution in [0.5, 0.6) is 11.5 Å². The molecule has 0 aromatic heterocycles. The molecule has 0 saturated heterocycles. The smallest absolute Gasteiger partial charge is 0.120 e. The molecule has 0 aliphatic heterocycles. The second-order valence-electron chi connectivity index (χ2n) is 3.75. The zero-order valence-corrected chi connectivity index (χ0v) is 11.5. The Morgan fingerprint density at radius 1 is 0.947 bits per heavy atom. The van der Waals surface area contributed by atoms with E-state index in [1.165, 1.54) is 11.8 Å². The standard InChI is InChI=1S/C15H13NO2S/c1-17-12-5-7-14(8-6-12)19-15-9-13(18-2)4-3-11(15)10-16/h3-9H,1-2H3. The second kappa shape index (κ2) is 6.17. The molecule has 0 unspecified atom stereocenters. The summed E-state index contributed by atoms with van der Waals surface area (Å²) in [6.45, 7) is 0. The second-order valence-corrected chi connectivity index (χ2v) is 4.87. The number of hydrogen-bond acceptors (Lipinski definition) is 4. The van der Waals surface area contributed by atoms with E-state index in [1.54, 1.807) is 26.4 Å². The van der Waals surface area contributed by atoms with Crippen molar-refractivity contribution in [2.45, 2.75) is 9.79 Å². The highest BCUT2D eigenvalue weighted by atomic mass is 32.2. The maximum absolute atomic E-state index is 9.12. The molecule has 19 heavy (non-hydrogen) atoms. The zero-order chi connectivity index (χ0) is 13.7. The molecular weight excluding hydrogens is 258 g/mol. The summed E-state index contributed by atoms with van der Waals surface area (Å²) in [5, 5.41) is 9.12. The molecule has 96 valence electrons. The lowest BCUT2D eigenvalue weighted by Gasteiger charge is -2.07. The zero-order valence-electron chi connectivity index (χ0n) is 10.7. The van der Waals surface area contributed by atoms with Gasteiger partial charge in [0.25, 0.3) is 0 Å². The van der Waals surface area contributed by atoms with Gasteiger partial charge in [-0.2, -0.15) is 5.26 Å². The maximum Gasteiger partial charge on any atom is 0.120 e. The fourth-order valence-corrected chi connectivity index (χ4v) is 2.50. The van der Waals surface area contributed by atoms with Crippen molar-refractivity contribution in [1.29, 1.82) is 5.26 Å². The molecule has 0 atom stereocenters. The fraction of sp³-hybridized carbons (Fsp3) is 0.133. The molecule has 0 aliphatic rings. The summed E-state index contributed by atoms with van der Waals surface area (Å²) in [5.41, 5.74) is 0.640.